The molecule has 0 unspecified atom stereocenters. The zero-order valence-corrected chi connectivity index (χ0v) is 11.9. The lowest BCUT2D eigenvalue weighted by molar-refractivity contribution is 0.147. The maximum Gasteiger partial charge on any atom is 0.0528 e. The molecule has 2 nitrogen and oxygen atoms in total. The molecule has 0 radical (unpaired) electrons. The lowest BCUT2D eigenvalue weighted by Gasteiger charge is -2.39. The van der Waals surface area contributed by atoms with E-state index in [0.29, 0.717) is 11.5 Å². The Labute approximate surface area is 111 Å². The van der Waals surface area contributed by atoms with Crippen molar-refractivity contribution < 1.29 is 0 Å². The van der Waals surface area contributed by atoms with Crippen molar-refractivity contribution in [1.29, 1.82) is 0 Å². The molecule has 2 rings (SSSR count). The van der Waals surface area contributed by atoms with Crippen LogP contribution in [0.4, 0.5) is 5.69 Å². The van der Waals surface area contributed by atoms with Crippen molar-refractivity contribution in [3.05, 3.63) is 24.5 Å². The third-order valence-corrected chi connectivity index (χ3v) is 4.78. The molecule has 18 heavy (non-hydrogen) atoms. The predicted molar refractivity (Wildman–Crippen MR) is 77.7 cm³/mol. The molecule has 0 bridgehead atoms. The number of rotatable bonds is 4. The first-order chi connectivity index (χ1) is 8.62. The van der Waals surface area contributed by atoms with E-state index in [0.717, 1.165) is 11.6 Å². The highest BCUT2D eigenvalue weighted by Crippen LogP contribution is 2.40. The summed E-state index contributed by atoms with van der Waals surface area (Å²) in [6.07, 6.45) is 10.3. The van der Waals surface area contributed by atoms with Crippen molar-refractivity contribution in [2.45, 2.75) is 58.9 Å². The predicted octanol–water partition coefficient (Wildman–Crippen LogP) is 4.49. The Balaban J connectivity index is 1.84. The van der Waals surface area contributed by atoms with E-state index in [1.807, 2.05) is 18.5 Å². The highest BCUT2D eigenvalue weighted by molar-refractivity contribution is 5.40. The van der Waals surface area contributed by atoms with Gasteiger partial charge in [-0.15, -0.1) is 0 Å². The Hall–Kier alpha value is -1.05. The van der Waals surface area contributed by atoms with Crippen molar-refractivity contribution in [1.82, 2.24) is 4.98 Å². The first-order valence-corrected chi connectivity index (χ1v) is 7.28. The van der Waals surface area contributed by atoms with E-state index in [1.165, 1.54) is 32.1 Å². The molecular weight excluding hydrogens is 220 g/mol. The van der Waals surface area contributed by atoms with Crippen molar-refractivity contribution >= 4 is 5.69 Å². The fourth-order valence-corrected chi connectivity index (χ4v) is 2.99. The maximum atomic E-state index is 4.16. The van der Waals surface area contributed by atoms with Gasteiger partial charge in [0.15, 0.2) is 0 Å². The smallest absolute Gasteiger partial charge is 0.0528 e. The third kappa shape index (κ3) is 3.24. The molecule has 2 heteroatoms. The quantitative estimate of drug-likeness (QED) is 0.846. The second-order valence-corrected chi connectivity index (χ2v) is 6.28. The van der Waals surface area contributed by atoms with Crippen LogP contribution in [0.25, 0.3) is 0 Å². The molecule has 1 N–H and O–H groups in total. The van der Waals surface area contributed by atoms with E-state index in [4.69, 9.17) is 0 Å². The van der Waals surface area contributed by atoms with Gasteiger partial charge in [0, 0.05) is 18.4 Å². The summed E-state index contributed by atoms with van der Waals surface area (Å²) in [4.78, 5) is 4.16. The fraction of sp³-hybridized carbons (Fsp3) is 0.688. The van der Waals surface area contributed by atoms with Crippen LogP contribution in [0.3, 0.4) is 0 Å². The molecule has 0 aliphatic heterocycles. The molecule has 1 aromatic rings. The lowest BCUT2D eigenvalue weighted by Crippen LogP contribution is -2.32. The van der Waals surface area contributed by atoms with Crippen molar-refractivity contribution in [3.8, 4) is 0 Å². The molecule has 0 aromatic carbocycles. The summed E-state index contributed by atoms with van der Waals surface area (Å²) >= 11 is 0. The largest absolute Gasteiger partial charge is 0.381 e. The SMILES string of the molecule is CCC(C)(C)C1CCC(Nc2cccnc2)CC1. The van der Waals surface area contributed by atoms with Gasteiger partial charge < -0.3 is 5.32 Å². The molecular formula is C16H26N2. The molecule has 1 saturated carbocycles. The van der Waals surface area contributed by atoms with Gasteiger partial charge in [-0.05, 0) is 49.1 Å². The van der Waals surface area contributed by atoms with Crippen LogP contribution in [0, 0.1) is 11.3 Å². The van der Waals surface area contributed by atoms with Gasteiger partial charge in [0.05, 0.1) is 5.69 Å². The van der Waals surface area contributed by atoms with Gasteiger partial charge in [0.1, 0.15) is 0 Å². The molecule has 1 aromatic heterocycles. The van der Waals surface area contributed by atoms with Crippen LogP contribution in [-0.4, -0.2) is 11.0 Å². The van der Waals surface area contributed by atoms with Crippen LogP contribution >= 0.6 is 0 Å². The molecule has 0 spiro atoms. The third-order valence-electron chi connectivity index (χ3n) is 4.78. The van der Waals surface area contributed by atoms with Crippen LogP contribution in [0.2, 0.25) is 0 Å². The minimum absolute atomic E-state index is 0.513. The highest BCUT2D eigenvalue weighted by atomic mass is 14.9. The fourth-order valence-electron chi connectivity index (χ4n) is 2.99. The van der Waals surface area contributed by atoms with Gasteiger partial charge >= 0.3 is 0 Å². The summed E-state index contributed by atoms with van der Waals surface area (Å²) in [6.45, 7) is 7.17. The minimum Gasteiger partial charge on any atom is -0.381 e. The summed E-state index contributed by atoms with van der Waals surface area (Å²) in [5, 5.41) is 3.61. The molecule has 1 aliphatic carbocycles. The van der Waals surface area contributed by atoms with Gasteiger partial charge in [-0.25, -0.2) is 0 Å². The lowest BCUT2D eigenvalue weighted by atomic mass is 9.69. The first-order valence-electron chi connectivity index (χ1n) is 7.28. The van der Waals surface area contributed by atoms with E-state index in [-0.39, 0.29) is 0 Å². The average molecular weight is 246 g/mol. The van der Waals surface area contributed by atoms with E-state index >= 15 is 0 Å². The van der Waals surface area contributed by atoms with Crippen LogP contribution in [0.1, 0.15) is 52.9 Å². The van der Waals surface area contributed by atoms with Gasteiger partial charge in [0.2, 0.25) is 0 Å². The maximum absolute atomic E-state index is 4.16. The zero-order chi connectivity index (χ0) is 13.0. The number of anilines is 1. The average Bonchev–Trinajstić information content (AvgIpc) is 2.40. The van der Waals surface area contributed by atoms with Crippen LogP contribution in [0.5, 0.6) is 0 Å². The van der Waals surface area contributed by atoms with Crippen LogP contribution < -0.4 is 5.32 Å². The van der Waals surface area contributed by atoms with E-state index in [9.17, 15) is 0 Å². The number of aromatic nitrogens is 1. The first kappa shape index (κ1) is 13.4. The molecule has 100 valence electrons. The second-order valence-electron chi connectivity index (χ2n) is 6.28. The van der Waals surface area contributed by atoms with Gasteiger partial charge in [-0.2, -0.15) is 0 Å². The molecule has 1 fully saturated rings. The van der Waals surface area contributed by atoms with Crippen LogP contribution in [0.15, 0.2) is 24.5 Å². The Morgan fingerprint density at radius 1 is 1.28 bits per heavy atom. The summed E-state index contributed by atoms with van der Waals surface area (Å²) in [6, 6.07) is 4.74. The van der Waals surface area contributed by atoms with Crippen LogP contribution in [-0.2, 0) is 0 Å². The zero-order valence-electron chi connectivity index (χ0n) is 11.9. The summed E-state index contributed by atoms with van der Waals surface area (Å²) in [7, 11) is 0. The normalized spacial score (nSPS) is 24.8. The Morgan fingerprint density at radius 3 is 2.56 bits per heavy atom. The van der Waals surface area contributed by atoms with Gasteiger partial charge in [0.25, 0.3) is 0 Å². The Kier molecular flexibility index (Phi) is 4.26. The van der Waals surface area contributed by atoms with Crippen molar-refractivity contribution in [3.63, 3.8) is 0 Å². The topological polar surface area (TPSA) is 24.9 Å². The molecule has 1 aliphatic rings. The van der Waals surface area contributed by atoms with Gasteiger partial charge in [-0.3, -0.25) is 4.98 Å². The summed E-state index contributed by atoms with van der Waals surface area (Å²) in [5.41, 5.74) is 1.68. The number of nitrogens with zero attached hydrogens (tertiary/aromatic N) is 1. The van der Waals surface area contributed by atoms with E-state index in [2.05, 4.69) is 37.1 Å². The standard InChI is InChI=1S/C16H26N2/c1-4-16(2,3)13-7-9-14(10-8-13)18-15-6-5-11-17-12-15/h5-6,11-14,18H,4,7-10H2,1-3H3. The minimum atomic E-state index is 0.513. The van der Waals surface area contributed by atoms with Crippen molar-refractivity contribution in [2.75, 3.05) is 5.32 Å². The van der Waals surface area contributed by atoms with Gasteiger partial charge in [-0.1, -0.05) is 27.2 Å². The summed E-state index contributed by atoms with van der Waals surface area (Å²) in [5.74, 6) is 0.898. The molecule has 1 heterocycles. The number of pyridine rings is 1. The number of nitrogens with one attached hydrogen (secondary N) is 1. The Morgan fingerprint density at radius 2 is 2.00 bits per heavy atom. The molecule has 0 saturated heterocycles. The van der Waals surface area contributed by atoms with Crippen molar-refractivity contribution in [2.24, 2.45) is 11.3 Å². The summed E-state index contributed by atoms with van der Waals surface area (Å²) < 4.78 is 0. The highest BCUT2D eigenvalue weighted by Gasteiger charge is 2.31. The molecule has 0 atom stereocenters. The van der Waals surface area contributed by atoms with E-state index in [1.54, 1.807) is 0 Å². The van der Waals surface area contributed by atoms with E-state index < -0.39 is 0 Å². The Bertz CT molecular complexity index is 351. The second kappa shape index (κ2) is 5.73. The monoisotopic (exact) mass is 246 g/mol. The number of hydrogen-bond donors (Lipinski definition) is 1. The molecule has 0 amide bonds. The number of hydrogen-bond acceptors (Lipinski definition) is 2.